The van der Waals surface area contributed by atoms with Crippen molar-refractivity contribution in [2.24, 2.45) is 15.7 Å². The molecule has 0 bridgehead atoms. The number of amides is 1. The first kappa shape index (κ1) is 22.9. The molecular weight excluding hydrogens is 444 g/mol. The van der Waals surface area contributed by atoms with Crippen molar-refractivity contribution in [3.8, 4) is 5.75 Å². The van der Waals surface area contributed by atoms with E-state index in [0.29, 0.717) is 58.6 Å². The van der Waals surface area contributed by atoms with E-state index in [0.717, 1.165) is 25.1 Å². The van der Waals surface area contributed by atoms with Gasteiger partial charge in [-0.3, -0.25) is 4.79 Å². The van der Waals surface area contributed by atoms with Crippen LogP contribution in [0.2, 0.25) is 5.02 Å². The van der Waals surface area contributed by atoms with Crippen molar-refractivity contribution in [3.63, 3.8) is 0 Å². The molecule has 3 heterocycles. The Balaban J connectivity index is 1.74. The fourth-order valence-corrected chi connectivity index (χ4v) is 4.24. The van der Waals surface area contributed by atoms with Gasteiger partial charge in [-0.25, -0.2) is 9.98 Å². The van der Waals surface area contributed by atoms with Crippen molar-refractivity contribution >= 4 is 40.6 Å². The number of guanidine groups is 1. The van der Waals surface area contributed by atoms with Gasteiger partial charge >= 0.3 is 0 Å². The maximum absolute atomic E-state index is 12.8. The van der Waals surface area contributed by atoms with E-state index in [2.05, 4.69) is 32.2 Å². The monoisotopic (exact) mass is 470 g/mol. The standard InChI is InChI=1S/C23H27ClN6O3/c1-3-15(30-23(25)27-12-13-6-5-11-33-13)19-20(18-16(28-19)9-10-26-22(18)31)29-17-8-4-7-14(24)21(17)32-2/h3-4,7-8,13,28-29H,1,5-6,9-12H2,2H3,(H2,25,27)(H,26,31)/b30-15+/t13-/m1/s1. The maximum atomic E-state index is 12.8. The Hall–Kier alpha value is -3.30. The number of carbonyl (C=O) groups excluding carboxylic acids is 1. The number of aliphatic imine (C=N–C) groups is 2. The zero-order chi connectivity index (χ0) is 23.4. The first-order valence-corrected chi connectivity index (χ1v) is 11.1. The van der Waals surface area contributed by atoms with Gasteiger partial charge < -0.3 is 30.8 Å². The van der Waals surface area contributed by atoms with Crippen molar-refractivity contribution < 1.29 is 14.3 Å². The number of H-pyrrole nitrogens is 1. The number of rotatable bonds is 7. The quantitative estimate of drug-likeness (QED) is 0.365. The largest absolute Gasteiger partial charge is 0.493 e. The molecule has 1 aromatic carbocycles. The van der Waals surface area contributed by atoms with Gasteiger partial charge in [0.15, 0.2) is 5.75 Å². The number of hydrogen-bond acceptors (Lipinski definition) is 5. The molecule has 1 saturated heterocycles. The average Bonchev–Trinajstić information content (AvgIpc) is 3.45. The van der Waals surface area contributed by atoms with Crippen molar-refractivity contribution in [1.29, 1.82) is 0 Å². The topological polar surface area (TPSA) is 126 Å². The number of hydrogen-bond donors (Lipinski definition) is 4. The molecule has 174 valence electrons. The number of ether oxygens (including phenoxy) is 2. The summed E-state index contributed by atoms with van der Waals surface area (Å²) in [5.74, 6) is 0.389. The molecule has 1 amide bonds. The number of nitrogens with one attached hydrogen (secondary N) is 3. The third kappa shape index (κ3) is 4.89. The summed E-state index contributed by atoms with van der Waals surface area (Å²) >= 11 is 6.29. The summed E-state index contributed by atoms with van der Waals surface area (Å²) in [6, 6.07) is 5.34. The minimum atomic E-state index is -0.189. The fraction of sp³-hybridized carbons (Fsp3) is 0.348. The van der Waals surface area contributed by atoms with Crippen molar-refractivity contribution in [2.45, 2.75) is 25.4 Å². The highest BCUT2D eigenvalue weighted by Gasteiger charge is 2.28. The Bertz CT molecular complexity index is 1120. The van der Waals surface area contributed by atoms with Gasteiger partial charge in [0.05, 0.1) is 53.1 Å². The number of aromatic nitrogens is 1. The third-order valence-electron chi connectivity index (χ3n) is 5.56. The Morgan fingerprint density at radius 3 is 3.06 bits per heavy atom. The van der Waals surface area contributed by atoms with Crippen LogP contribution in [0.5, 0.6) is 5.75 Å². The number of halogens is 1. The highest BCUT2D eigenvalue weighted by Crippen LogP contribution is 2.38. The van der Waals surface area contributed by atoms with Gasteiger partial charge in [0.2, 0.25) is 5.96 Å². The van der Waals surface area contributed by atoms with Crippen LogP contribution in [0.15, 0.2) is 40.8 Å². The lowest BCUT2D eigenvalue weighted by Gasteiger charge is -2.17. The molecule has 10 heteroatoms. The molecule has 4 rings (SSSR count). The smallest absolute Gasteiger partial charge is 0.255 e. The molecule has 0 saturated carbocycles. The predicted molar refractivity (Wildman–Crippen MR) is 130 cm³/mol. The summed E-state index contributed by atoms with van der Waals surface area (Å²) in [4.78, 5) is 24.9. The summed E-state index contributed by atoms with van der Waals surface area (Å²) < 4.78 is 11.0. The van der Waals surface area contributed by atoms with Crippen LogP contribution in [-0.2, 0) is 11.2 Å². The molecule has 1 fully saturated rings. The van der Waals surface area contributed by atoms with Crippen LogP contribution in [0, 0.1) is 0 Å². The minimum Gasteiger partial charge on any atom is -0.493 e. The first-order valence-electron chi connectivity index (χ1n) is 10.8. The Labute approximate surface area is 197 Å². The number of anilines is 2. The highest BCUT2D eigenvalue weighted by molar-refractivity contribution is 6.32. The first-order chi connectivity index (χ1) is 16.0. The molecule has 0 aliphatic carbocycles. The van der Waals surface area contributed by atoms with Crippen LogP contribution in [0.4, 0.5) is 11.4 Å². The third-order valence-corrected chi connectivity index (χ3v) is 5.86. The van der Waals surface area contributed by atoms with Gasteiger partial charge in [-0.15, -0.1) is 0 Å². The Morgan fingerprint density at radius 2 is 2.33 bits per heavy atom. The number of nitrogens with zero attached hydrogens (tertiary/aromatic N) is 2. The van der Waals surface area contributed by atoms with E-state index in [-0.39, 0.29) is 18.0 Å². The maximum Gasteiger partial charge on any atom is 0.255 e. The van der Waals surface area contributed by atoms with E-state index >= 15 is 0 Å². The van der Waals surface area contributed by atoms with Gasteiger partial charge in [0, 0.05) is 25.3 Å². The number of benzene rings is 1. The van der Waals surface area contributed by atoms with Gasteiger partial charge in [0.1, 0.15) is 0 Å². The van der Waals surface area contributed by atoms with E-state index in [4.69, 9.17) is 26.8 Å². The van der Waals surface area contributed by atoms with Gasteiger partial charge in [-0.05, 0) is 31.1 Å². The number of aromatic amines is 1. The van der Waals surface area contributed by atoms with E-state index in [1.807, 2.05) is 6.07 Å². The minimum absolute atomic E-state index is 0.0694. The molecule has 1 aromatic heterocycles. The van der Waals surface area contributed by atoms with Crippen LogP contribution in [0.1, 0.15) is 34.6 Å². The Morgan fingerprint density at radius 1 is 1.48 bits per heavy atom. The zero-order valence-electron chi connectivity index (χ0n) is 18.4. The van der Waals surface area contributed by atoms with Gasteiger partial charge in [-0.1, -0.05) is 24.2 Å². The number of carbonyl (C=O) groups is 1. The van der Waals surface area contributed by atoms with E-state index in [1.165, 1.54) is 7.11 Å². The second-order valence-corrected chi connectivity index (χ2v) is 8.12. The van der Waals surface area contributed by atoms with Gasteiger partial charge in [-0.2, -0.15) is 0 Å². The lowest BCUT2D eigenvalue weighted by molar-refractivity contribution is 0.0947. The molecule has 2 aromatic rings. The fourth-order valence-electron chi connectivity index (χ4n) is 3.99. The summed E-state index contributed by atoms with van der Waals surface area (Å²) in [5, 5.41) is 6.63. The van der Waals surface area contributed by atoms with E-state index in [1.54, 1.807) is 18.2 Å². The van der Waals surface area contributed by atoms with E-state index < -0.39 is 0 Å². The summed E-state index contributed by atoms with van der Waals surface area (Å²) in [7, 11) is 1.54. The number of methoxy groups -OCH3 is 1. The number of para-hydroxylation sites is 1. The molecule has 9 nitrogen and oxygen atoms in total. The number of allylic oxidation sites excluding steroid dienone is 1. The molecule has 0 radical (unpaired) electrons. The highest BCUT2D eigenvalue weighted by atomic mass is 35.5. The summed E-state index contributed by atoms with van der Waals surface area (Å²) in [6.07, 6.45) is 4.28. The second-order valence-electron chi connectivity index (χ2n) is 7.72. The zero-order valence-corrected chi connectivity index (χ0v) is 19.2. The second kappa shape index (κ2) is 10.1. The summed E-state index contributed by atoms with van der Waals surface area (Å²) in [6.45, 7) is 5.63. The van der Waals surface area contributed by atoms with Crippen molar-refractivity contribution in [3.05, 3.63) is 52.8 Å². The van der Waals surface area contributed by atoms with Gasteiger partial charge in [0.25, 0.3) is 5.91 Å². The lowest BCUT2D eigenvalue weighted by atomic mass is 10.1. The number of nitrogens with two attached hydrogens (primary N) is 1. The average molecular weight is 471 g/mol. The molecule has 0 spiro atoms. The normalized spacial score (nSPS) is 18.6. The molecule has 2 aliphatic rings. The van der Waals surface area contributed by atoms with Crippen LogP contribution < -0.4 is 21.1 Å². The summed E-state index contributed by atoms with van der Waals surface area (Å²) in [5.41, 5.74) is 9.56. The number of fused-ring (bicyclic) bond motifs is 1. The molecule has 1 atom stereocenters. The molecule has 0 unspecified atom stereocenters. The predicted octanol–water partition coefficient (Wildman–Crippen LogP) is 3.18. The van der Waals surface area contributed by atoms with Crippen LogP contribution in [0.25, 0.3) is 0 Å². The van der Waals surface area contributed by atoms with Crippen LogP contribution >= 0.6 is 11.6 Å². The van der Waals surface area contributed by atoms with Crippen LogP contribution in [-0.4, -0.2) is 55.5 Å². The lowest BCUT2D eigenvalue weighted by Crippen LogP contribution is -2.31. The van der Waals surface area contributed by atoms with Crippen LogP contribution in [0.3, 0.4) is 0 Å². The van der Waals surface area contributed by atoms with Crippen molar-refractivity contribution in [1.82, 2.24) is 10.3 Å². The molecule has 2 aliphatic heterocycles. The van der Waals surface area contributed by atoms with E-state index in [9.17, 15) is 4.79 Å². The SMILES string of the molecule is C=C/C(=N\C(N)=NC[C@H]1CCCO1)c1[nH]c2c(c1Nc1cccc(Cl)c1OC)C(=O)NCC2. The molecule has 5 N–H and O–H groups in total. The molecular formula is C23H27ClN6O3. The Kier molecular flexibility index (Phi) is 7.00. The van der Waals surface area contributed by atoms with Crippen molar-refractivity contribution in [2.75, 3.05) is 32.1 Å². The molecule has 33 heavy (non-hydrogen) atoms.